The number of nitrogens with one attached hydrogen (secondary N) is 1. The molecule has 0 bridgehead atoms. The molecule has 1 aromatic carbocycles. The average Bonchev–Trinajstić information content (AvgIpc) is 3.04. The monoisotopic (exact) mass is 361 g/mol. The topological polar surface area (TPSA) is 53.4 Å². The van der Waals surface area contributed by atoms with Crippen LogP contribution in [0.5, 0.6) is 0 Å². The predicted molar refractivity (Wildman–Crippen MR) is 101 cm³/mol. The first-order valence-corrected chi connectivity index (χ1v) is 8.97. The molecular formula is C18H24ClN5O. The Morgan fingerprint density at radius 1 is 1.24 bits per heavy atom. The summed E-state index contributed by atoms with van der Waals surface area (Å²) in [5.41, 5.74) is 1.14. The van der Waals surface area contributed by atoms with Crippen LogP contribution in [-0.2, 0) is 4.79 Å². The van der Waals surface area contributed by atoms with E-state index in [1.54, 1.807) is 6.20 Å². The molecule has 1 amide bonds. The predicted octanol–water partition coefficient (Wildman–Crippen LogP) is 2.88. The van der Waals surface area contributed by atoms with Gasteiger partial charge in [0.2, 0.25) is 5.91 Å². The van der Waals surface area contributed by atoms with Crippen molar-refractivity contribution in [2.45, 2.75) is 19.9 Å². The first kappa shape index (κ1) is 17.8. The van der Waals surface area contributed by atoms with Crippen LogP contribution in [0.1, 0.15) is 19.9 Å². The fourth-order valence-corrected chi connectivity index (χ4v) is 3.23. The molecular weight excluding hydrogens is 338 g/mol. The molecule has 1 fully saturated rings. The van der Waals surface area contributed by atoms with E-state index >= 15 is 0 Å². The first-order valence-electron chi connectivity index (χ1n) is 8.59. The van der Waals surface area contributed by atoms with E-state index in [0.717, 1.165) is 42.7 Å². The summed E-state index contributed by atoms with van der Waals surface area (Å²) in [5.74, 6) is 0.746. The van der Waals surface area contributed by atoms with Crippen LogP contribution >= 0.6 is 11.6 Å². The second-order valence-corrected chi connectivity index (χ2v) is 6.98. The second kappa shape index (κ2) is 7.89. The van der Waals surface area contributed by atoms with Gasteiger partial charge < -0.3 is 10.2 Å². The summed E-state index contributed by atoms with van der Waals surface area (Å²) in [4.78, 5) is 16.8. The van der Waals surface area contributed by atoms with E-state index in [9.17, 15) is 4.79 Å². The molecule has 0 unspecified atom stereocenters. The molecule has 3 rings (SSSR count). The minimum Gasteiger partial charge on any atom is -0.369 e. The number of benzene rings is 1. The van der Waals surface area contributed by atoms with Crippen molar-refractivity contribution in [2.75, 3.05) is 42.9 Å². The van der Waals surface area contributed by atoms with E-state index in [-0.39, 0.29) is 11.9 Å². The van der Waals surface area contributed by atoms with Gasteiger partial charge in [-0.05, 0) is 32.0 Å². The van der Waals surface area contributed by atoms with Crippen LogP contribution in [0.4, 0.5) is 11.5 Å². The molecule has 0 saturated carbocycles. The van der Waals surface area contributed by atoms with Gasteiger partial charge >= 0.3 is 0 Å². The van der Waals surface area contributed by atoms with Crippen molar-refractivity contribution in [1.29, 1.82) is 0 Å². The van der Waals surface area contributed by atoms with Gasteiger partial charge in [-0.25, -0.2) is 4.68 Å². The van der Waals surface area contributed by atoms with Gasteiger partial charge in [-0.1, -0.05) is 17.7 Å². The summed E-state index contributed by atoms with van der Waals surface area (Å²) in [6, 6.07) is 9.95. The van der Waals surface area contributed by atoms with Crippen molar-refractivity contribution >= 4 is 29.0 Å². The van der Waals surface area contributed by atoms with Crippen LogP contribution in [0.3, 0.4) is 0 Å². The van der Waals surface area contributed by atoms with Crippen molar-refractivity contribution in [3.63, 3.8) is 0 Å². The Kier molecular flexibility index (Phi) is 5.60. The molecule has 1 aromatic heterocycles. The van der Waals surface area contributed by atoms with Crippen molar-refractivity contribution in [3.05, 3.63) is 41.6 Å². The summed E-state index contributed by atoms with van der Waals surface area (Å²) in [6.45, 7) is 7.95. The van der Waals surface area contributed by atoms with Gasteiger partial charge in [-0.2, -0.15) is 5.10 Å². The molecule has 25 heavy (non-hydrogen) atoms. The van der Waals surface area contributed by atoms with Crippen molar-refractivity contribution in [1.82, 2.24) is 14.7 Å². The van der Waals surface area contributed by atoms with Crippen LogP contribution < -0.4 is 10.2 Å². The number of carbonyl (C=O) groups is 1. The summed E-state index contributed by atoms with van der Waals surface area (Å²) >= 11 is 6.07. The van der Waals surface area contributed by atoms with Gasteiger partial charge in [0.25, 0.3) is 0 Å². The van der Waals surface area contributed by atoms with Crippen LogP contribution in [0, 0.1) is 0 Å². The van der Waals surface area contributed by atoms with E-state index < -0.39 is 0 Å². The summed E-state index contributed by atoms with van der Waals surface area (Å²) in [7, 11) is 0. The first-order chi connectivity index (χ1) is 12.0. The third-order valence-corrected chi connectivity index (χ3v) is 4.57. The summed E-state index contributed by atoms with van der Waals surface area (Å²) < 4.78 is 1.81. The van der Waals surface area contributed by atoms with Crippen LogP contribution in [0.15, 0.2) is 36.5 Å². The molecule has 1 aliphatic heterocycles. The highest BCUT2D eigenvalue weighted by Crippen LogP contribution is 2.20. The standard InChI is InChI=1S/C18H24ClN5O/c1-14(2)24-17(6-7-20-24)21-18(25)13-22-8-10-23(11-9-22)16-5-3-4-15(19)12-16/h3-7,12,14H,8-11,13H2,1-2H3,(H,21,25). The normalized spacial score (nSPS) is 15.6. The lowest BCUT2D eigenvalue weighted by molar-refractivity contribution is -0.117. The number of carbonyl (C=O) groups excluding carboxylic acids is 1. The minimum absolute atomic E-state index is 0.00129. The minimum atomic E-state index is -0.00129. The van der Waals surface area contributed by atoms with Gasteiger partial charge in [0.1, 0.15) is 5.82 Å². The van der Waals surface area contributed by atoms with Crippen LogP contribution in [0.25, 0.3) is 0 Å². The van der Waals surface area contributed by atoms with E-state index in [1.165, 1.54) is 0 Å². The van der Waals surface area contributed by atoms with Gasteiger partial charge in [-0.3, -0.25) is 9.69 Å². The molecule has 1 N–H and O–H groups in total. The molecule has 134 valence electrons. The number of aromatic nitrogens is 2. The lowest BCUT2D eigenvalue weighted by Crippen LogP contribution is -2.48. The maximum Gasteiger partial charge on any atom is 0.239 e. The number of halogens is 1. The Balaban J connectivity index is 1.50. The Hall–Kier alpha value is -2.05. The maximum absolute atomic E-state index is 12.3. The zero-order chi connectivity index (χ0) is 17.8. The van der Waals surface area contributed by atoms with E-state index in [0.29, 0.717) is 6.54 Å². The van der Waals surface area contributed by atoms with Gasteiger partial charge in [0.15, 0.2) is 0 Å². The molecule has 0 atom stereocenters. The van der Waals surface area contributed by atoms with Crippen molar-refractivity contribution < 1.29 is 4.79 Å². The summed E-state index contributed by atoms with van der Waals surface area (Å²) in [6.07, 6.45) is 1.71. The van der Waals surface area contributed by atoms with E-state index in [4.69, 9.17) is 11.6 Å². The Morgan fingerprint density at radius 2 is 2.00 bits per heavy atom. The third-order valence-electron chi connectivity index (χ3n) is 4.34. The van der Waals surface area contributed by atoms with Crippen molar-refractivity contribution in [2.24, 2.45) is 0 Å². The largest absolute Gasteiger partial charge is 0.369 e. The molecule has 0 radical (unpaired) electrons. The third kappa shape index (κ3) is 4.52. The van der Waals surface area contributed by atoms with E-state index in [1.807, 2.05) is 42.8 Å². The quantitative estimate of drug-likeness (QED) is 0.889. The van der Waals surface area contributed by atoms with Gasteiger partial charge in [0, 0.05) is 49.0 Å². The van der Waals surface area contributed by atoms with Gasteiger partial charge in [0.05, 0.1) is 12.7 Å². The Labute approximate surface area is 153 Å². The molecule has 0 aliphatic carbocycles. The molecule has 0 spiro atoms. The highest BCUT2D eigenvalue weighted by molar-refractivity contribution is 6.30. The number of anilines is 2. The zero-order valence-electron chi connectivity index (χ0n) is 14.7. The number of amides is 1. The van der Waals surface area contributed by atoms with Crippen LogP contribution in [0.2, 0.25) is 5.02 Å². The van der Waals surface area contributed by atoms with E-state index in [2.05, 4.69) is 26.3 Å². The lowest BCUT2D eigenvalue weighted by atomic mass is 10.2. The SMILES string of the molecule is CC(C)n1nccc1NC(=O)CN1CCN(c2cccc(Cl)c2)CC1. The van der Waals surface area contributed by atoms with Crippen molar-refractivity contribution in [3.8, 4) is 0 Å². The number of piperazine rings is 1. The number of hydrogen-bond acceptors (Lipinski definition) is 4. The highest BCUT2D eigenvalue weighted by atomic mass is 35.5. The molecule has 6 nitrogen and oxygen atoms in total. The Morgan fingerprint density at radius 3 is 2.68 bits per heavy atom. The number of nitrogens with zero attached hydrogens (tertiary/aromatic N) is 4. The lowest BCUT2D eigenvalue weighted by Gasteiger charge is -2.35. The highest BCUT2D eigenvalue weighted by Gasteiger charge is 2.20. The fourth-order valence-electron chi connectivity index (χ4n) is 3.05. The summed E-state index contributed by atoms with van der Waals surface area (Å²) in [5, 5.41) is 7.95. The molecule has 2 aromatic rings. The molecule has 7 heteroatoms. The maximum atomic E-state index is 12.3. The molecule has 1 saturated heterocycles. The number of rotatable bonds is 5. The van der Waals surface area contributed by atoms with Gasteiger partial charge in [-0.15, -0.1) is 0 Å². The Bertz CT molecular complexity index is 722. The fraction of sp³-hybridized carbons (Fsp3) is 0.444. The molecule has 2 heterocycles. The number of hydrogen-bond donors (Lipinski definition) is 1. The smallest absolute Gasteiger partial charge is 0.239 e. The van der Waals surface area contributed by atoms with Crippen LogP contribution in [-0.4, -0.2) is 53.3 Å². The molecule has 1 aliphatic rings. The second-order valence-electron chi connectivity index (χ2n) is 6.55. The zero-order valence-corrected chi connectivity index (χ0v) is 15.4. The average molecular weight is 362 g/mol.